The normalized spacial score (nSPS) is 13.2. The molecular weight excluding hydrogens is 653 g/mol. The van der Waals surface area contributed by atoms with E-state index in [4.69, 9.17) is 4.74 Å². The third kappa shape index (κ3) is 9.17. The minimum absolute atomic E-state index is 0.00445. The van der Waals surface area contributed by atoms with Crippen LogP contribution in [-0.4, -0.2) is 41.6 Å². The lowest BCUT2D eigenvalue weighted by molar-refractivity contribution is -0.128. The zero-order chi connectivity index (χ0) is 30.1. The second-order valence-corrected chi connectivity index (χ2v) is 11.2. The van der Waals surface area contributed by atoms with E-state index in [2.05, 4.69) is 33.2 Å². The molecule has 4 aromatic carbocycles. The first-order valence-electron chi connectivity index (χ1n) is 13.4. The minimum Gasteiger partial charge on any atom is -0.481 e. The Balaban J connectivity index is 1.40. The number of benzene rings is 4. The van der Waals surface area contributed by atoms with Crippen LogP contribution in [0.3, 0.4) is 0 Å². The van der Waals surface area contributed by atoms with Crippen LogP contribution in [0.15, 0.2) is 97.1 Å². The van der Waals surface area contributed by atoms with Gasteiger partial charge in [0.2, 0.25) is 0 Å². The molecule has 0 fully saturated rings. The molecule has 6 nitrogen and oxygen atoms in total. The lowest BCUT2D eigenvalue weighted by atomic mass is 10.00. The minimum atomic E-state index is -1.07. The molecule has 0 aliphatic carbocycles. The molecule has 4 rings (SSSR count). The van der Waals surface area contributed by atoms with E-state index in [0.29, 0.717) is 29.0 Å². The molecule has 4 aromatic rings. The number of hydrogen-bond acceptors (Lipinski definition) is 5. The molecule has 9 heteroatoms. The van der Waals surface area contributed by atoms with E-state index in [1.165, 1.54) is 12.1 Å². The molecule has 1 amide bonds. The van der Waals surface area contributed by atoms with Gasteiger partial charge in [-0.2, -0.15) is 0 Å². The second-order valence-electron chi connectivity index (χ2n) is 9.90. The summed E-state index contributed by atoms with van der Waals surface area (Å²) >= 11 is 2.22. The Kier molecular flexibility index (Phi) is 11.2. The van der Waals surface area contributed by atoms with Crippen LogP contribution in [0.5, 0.6) is 5.75 Å². The van der Waals surface area contributed by atoms with Crippen molar-refractivity contribution >= 4 is 34.3 Å². The van der Waals surface area contributed by atoms with E-state index in [-0.39, 0.29) is 18.7 Å². The lowest BCUT2D eigenvalue weighted by Crippen LogP contribution is -2.51. The Labute approximate surface area is 257 Å². The molecule has 0 aromatic heterocycles. The van der Waals surface area contributed by atoms with Crippen molar-refractivity contribution < 1.29 is 28.2 Å². The number of carbonyl (C=O) groups excluding carboxylic acids is 2. The van der Waals surface area contributed by atoms with Gasteiger partial charge in [0.25, 0.3) is 5.91 Å². The van der Waals surface area contributed by atoms with Gasteiger partial charge in [-0.25, -0.2) is 8.78 Å². The Hall–Kier alpha value is -3.67. The molecule has 3 atom stereocenters. The highest BCUT2D eigenvalue weighted by Gasteiger charge is 2.25. The van der Waals surface area contributed by atoms with Gasteiger partial charge < -0.3 is 20.5 Å². The fraction of sp³-hybridized carbons (Fsp3) is 0.212. The summed E-state index contributed by atoms with van der Waals surface area (Å²) in [6.45, 7) is 2.17. The van der Waals surface area contributed by atoms with E-state index in [1.54, 1.807) is 55.5 Å². The standard InChI is InChI=1S/C33H31F2IN2O4/c1-21(42-29-12-10-25(11-13-29)32(40)24-7-3-2-4-8-24)33(41)38-30(17-23-14-26(34)18-27(35)15-23)31(39)20-37-19-22-6-5-9-28(36)16-22/h2-16,18,21,30-31,37,39H,17,19-20H2,1H3,(H,38,41)/t21?,30-,31+/m0/s1. The number of halogens is 3. The van der Waals surface area contributed by atoms with Crippen molar-refractivity contribution in [2.45, 2.75) is 38.1 Å². The monoisotopic (exact) mass is 684 g/mol. The van der Waals surface area contributed by atoms with Gasteiger partial charge in [-0.15, -0.1) is 0 Å². The van der Waals surface area contributed by atoms with Crippen LogP contribution in [-0.2, 0) is 17.8 Å². The molecule has 1 unspecified atom stereocenters. The SMILES string of the molecule is CC(Oc1ccc(C(=O)c2ccccc2)cc1)C(=O)N[C@@H](Cc1cc(F)cc(F)c1)[C@H](O)CNCc1cccc(I)c1. The van der Waals surface area contributed by atoms with Crippen LogP contribution in [0.1, 0.15) is 34.0 Å². The van der Waals surface area contributed by atoms with Crippen molar-refractivity contribution in [3.8, 4) is 5.75 Å². The van der Waals surface area contributed by atoms with Gasteiger partial charge in [0.15, 0.2) is 11.9 Å². The Morgan fingerprint density at radius 1 is 0.857 bits per heavy atom. The van der Waals surface area contributed by atoms with Gasteiger partial charge in [-0.05, 0) is 95.6 Å². The highest BCUT2D eigenvalue weighted by molar-refractivity contribution is 14.1. The summed E-state index contributed by atoms with van der Waals surface area (Å²) < 4.78 is 34.6. The van der Waals surface area contributed by atoms with Crippen LogP contribution < -0.4 is 15.4 Å². The van der Waals surface area contributed by atoms with E-state index in [9.17, 15) is 23.5 Å². The average molecular weight is 685 g/mol. The average Bonchev–Trinajstić information content (AvgIpc) is 2.96. The zero-order valence-corrected chi connectivity index (χ0v) is 25.1. The van der Waals surface area contributed by atoms with E-state index >= 15 is 0 Å². The third-order valence-corrected chi connectivity index (χ3v) is 7.25. The maximum absolute atomic E-state index is 13.9. The van der Waals surface area contributed by atoms with Crippen LogP contribution in [0.2, 0.25) is 0 Å². The summed E-state index contributed by atoms with van der Waals surface area (Å²) in [5.74, 6) is -1.75. The lowest BCUT2D eigenvalue weighted by Gasteiger charge is -2.26. The molecule has 218 valence electrons. The smallest absolute Gasteiger partial charge is 0.261 e. The van der Waals surface area contributed by atoms with E-state index in [0.717, 1.165) is 15.2 Å². The van der Waals surface area contributed by atoms with Crippen molar-refractivity contribution in [1.29, 1.82) is 0 Å². The predicted octanol–water partition coefficient (Wildman–Crippen LogP) is 5.45. The van der Waals surface area contributed by atoms with Gasteiger partial charge in [-0.3, -0.25) is 9.59 Å². The number of carbonyl (C=O) groups is 2. The van der Waals surface area contributed by atoms with Crippen LogP contribution in [0.4, 0.5) is 8.78 Å². The fourth-order valence-corrected chi connectivity index (χ4v) is 5.03. The molecule has 3 N–H and O–H groups in total. The van der Waals surface area contributed by atoms with Crippen molar-refractivity contribution in [2.24, 2.45) is 0 Å². The molecule has 0 spiro atoms. The topological polar surface area (TPSA) is 87.7 Å². The van der Waals surface area contributed by atoms with E-state index in [1.807, 2.05) is 30.3 Å². The van der Waals surface area contributed by atoms with Crippen LogP contribution in [0.25, 0.3) is 0 Å². The predicted molar refractivity (Wildman–Crippen MR) is 165 cm³/mol. The van der Waals surface area contributed by atoms with Gasteiger partial charge >= 0.3 is 0 Å². The molecular formula is C33H31F2IN2O4. The van der Waals surface area contributed by atoms with Gasteiger partial charge in [-0.1, -0.05) is 42.5 Å². The number of nitrogens with one attached hydrogen (secondary N) is 2. The molecule has 0 aliphatic heterocycles. The maximum atomic E-state index is 13.9. The summed E-state index contributed by atoms with van der Waals surface area (Å²) in [5, 5.41) is 17.0. The number of amides is 1. The molecule has 42 heavy (non-hydrogen) atoms. The van der Waals surface area contributed by atoms with E-state index < -0.39 is 35.8 Å². The van der Waals surface area contributed by atoms with Gasteiger partial charge in [0.05, 0.1) is 12.1 Å². The van der Waals surface area contributed by atoms with Crippen LogP contribution in [0, 0.1) is 15.2 Å². The van der Waals surface area contributed by atoms with Crippen LogP contribution >= 0.6 is 22.6 Å². The zero-order valence-electron chi connectivity index (χ0n) is 22.9. The molecule has 0 heterocycles. The van der Waals surface area contributed by atoms with Crippen molar-refractivity contribution in [2.75, 3.05) is 6.54 Å². The number of rotatable bonds is 13. The first-order valence-corrected chi connectivity index (χ1v) is 14.5. The Morgan fingerprint density at radius 2 is 1.52 bits per heavy atom. The molecule has 0 saturated heterocycles. The molecule has 0 radical (unpaired) electrons. The quantitative estimate of drug-likeness (QED) is 0.129. The summed E-state index contributed by atoms with van der Waals surface area (Å²) in [6.07, 6.45) is -2.03. The number of aliphatic hydroxyl groups is 1. The highest BCUT2D eigenvalue weighted by Crippen LogP contribution is 2.18. The Bertz CT molecular complexity index is 1480. The summed E-state index contributed by atoms with van der Waals surface area (Å²) in [6, 6.07) is 25.5. The first-order chi connectivity index (χ1) is 20.2. The largest absolute Gasteiger partial charge is 0.481 e. The Morgan fingerprint density at radius 3 is 2.19 bits per heavy atom. The number of ether oxygens (including phenoxy) is 1. The van der Waals surface area contributed by atoms with Crippen molar-refractivity contribution in [3.63, 3.8) is 0 Å². The number of hydrogen-bond donors (Lipinski definition) is 3. The summed E-state index contributed by atoms with van der Waals surface area (Å²) in [7, 11) is 0. The van der Waals surface area contributed by atoms with Gasteiger partial charge in [0, 0.05) is 33.9 Å². The second kappa shape index (κ2) is 15.0. The molecule has 0 bridgehead atoms. The van der Waals surface area contributed by atoms with Crippen molar-refractivity contribution in [3.05, 3.63) is 135 Å². The summed E-state index contributed by atoms with van der Waals surface area (Å²) in [4.78, 5) is 25.8. The highest BCUT2D eigenvalue weighted by atomic mass is 127. The number of aliphatic hydroxyl groups excluding tert-OH is 1. The van der Waals surface area contributed by atoms with Crippen molar-refractivity contribution in [1.82, 2.24) is 10.6 Å². The maximum Gasteiger partial charge on any atom is 0.261 e. The van der Waals surface area contributed by atoms with Gasteiger partial charge in [0.1, 0.15) is 17.4 Å². The third-order valence-electron chi connectivity index (χ3n) is 6.58. The summed E-state index contributed by atoms with van der Waals surface area (Å²) in [5.41, 5.74) is 2.37. The first kappa shape index (κ1) is 31.3. The molecule has 0 aliphatic rings. The number of ketones is 1. The molecule has 0 saturated carbocycles. The fourth-order valence-electron chi connectivity index (χ4n) is 4.42.